The fourth-order valence-electron chi connectivity index (χ4n) is 5.11. The Morgan fingerprint density at radius 3 is 2.83 bits per heavy atom. The molecule has 0 N–H and O–H groups in total. The van der Waals surface area contributed by atoms with Gasteiger partial charge in [-0.05, 0) is 18.8 Å². The number of hydrogen-bond acceptors (Lipinski definition) is 7. The molecule has 5 heterocycles. The molecule has 156 valence electrons. The highest BCUT2D eigenvalue weighted by Crippen LogP contribution is 2.40. The zero-order valence-electron chi connectivity index (χ0n) is 17.0. The number of piperidine rings is 1. The highest BCUT2D eigenvalue weighted by molar-refractivity contribution is 7.91. The highest BCUT2D eigenvalue weighted by atomic mass is 32.2. The number of hydrogen-bond donors (Lipinski definition) is 0. The van der Waals surface area contributed by atoms with Crippen molar-refractivity contribution in [2.75, 3.05) is 31.1 Å². The highest BCUT2D eigenvalue weighted by Gasteiger charge is 2.47. The summed E-state index contributed by atoms with van der Waals surface area (Å²) in [4.78, 5) is 14.0. The summed E-state index contributed by atoms with van der Waals surface area (Å²) in [6, 6.07) is 0. The van der Waals surface area contributed by atoms with E-state index in [0.29, 0.717) is 25.6 Å². The first-order valence-corrected chi connectivity index (χ1v) is 12.1. The maximum Gasteiger partial charge on any atom is 0.225 e. The van der Waals surface area contributed by atoms with Crippen molar-refractivity contribution in [3.63, 3.8) is 0 Å². The summed E-state index contributed by atoms with van der Waals surface area (Å²) in [5.74, 6) is 1.38. The Hall–Kier alpha value is -2.00. The van der Waals surface area contributed by atoms with Gasteiger partial charge in [0.1, 0.15) is 0 Å². The molecule has 0 bridgehead atoms. The Balaban J connectivity index is 1.43. The van der Waals surface area contributed by atoms with Gasteiger partial charge in [-0.1, -0.05) is 6.92 Å². The van der Waals surface area contributed by atoms with Crippen LogP contribution in [-0.4, -0.2) is 64.5 Å². The van der Waals surface area contributed by atoms with Crippen molar-refractivity contribution in [2.24, 2.45) is 13.0 Å². The molecule has 3 atom stereocenters. The summed E-state index contributed by atoms with van der Waals surface area (Å²) in [6.07, 6.45) is 7.99. The van der Waals surface area contributed by atoms with Crippen molar-refractivity contribution in [1.29, 1.82) is 0 Å². The van der Waals surface area contributed by atoms with E-state index in [1.807, 2.05) is 19.4 Å². The molecular formula is C20H28N6O2S. The molecule has 3 aliphatic heterocycles. The lowest BCUT2D eigenvalue weighted by molar-refractivity contribution is 0.326. The van der Waals surface area contributed by atoms with Crippen LogP contribution >= 0.6 is 0 Å². The Kier molecular flexibility index (Phi) is 4.62. The largest absolute Gasteiger partial charge is 0.341 e. The van der Waals surface area contributed by atoms with Crippen LogP contribution < -0.4 is 4.90 Å². The Bertz CT molecular complexity index is 1020. The second kappa shape index (κ2) is 7.05. The molecule has 2 aromatic heterocycles. The Labute approximate surface area is 171 Å². The van der Waals surface area contributed by atoms with Gasteiger partial charge in [0.2, 0.25) is 5.95 Å². The minimum Gasteiger partial charge on any atom is -0.341 e. The van der Waals surface area contributed by atoms with Gasteiger partial charge in [-0.3, -0.25) is 9.58 Å². The van der Waals surface area contributed by atoms with Crippen LogP contribution in [0, 0.1) is 5.92 Å². The van der Waals surface area contributed by atoms with Crippen LogP contribution in [0.25, 0.3) is 0 Å². The summed E-state index contributed by atoms with van der Waals surface area (Å²) >= 11 is 0. The van der Waals surface area contributed by atoms with E-state index in [1.54, 1.807) is 10.9 Å². The molecule has 3 aliphatic rings. The van der Waals surface area contributed by atoms with Crippen LogP contribution in [0.15, 0.2) is 18.6 Å². The maximum atomic E-state index is 12.9. The van der Waals surface area contributed by atoms with E-state index in [2.05, 4.69) is 26.8 Å². The smallest absolute Gasteiger partial charge is 0.225 e. The predicted octanol–water partition coefficient (Wildman–Crippen LogP) is 1.34. The second-order valence-corrected chi connectivity index (χ2v) is 11.2. The number of likely N-dealkylation sites (tertiary alicyclic amines) is 1. The summed E-state index contributed by atoms with van der Waals surface area (Å²) in [7, 11) is -1.30. The quantitative estimate of drug-likeness (QED) is 0.747. The lowest BCUT2D eigenvalue weighted by Gasteiger charge is -2.32. The fourth-order valence-corrected chi connectivity index (χ4v) is 7.13. The van der Waals surface area contributed by atoms with E-state index >= 15 is 0 Å². The lowest BCUT2D eigenvalue weighted by atomic mass is 9.99. The topological polar surface area (TPSA) is 84.2 Å². The van der Waals surface area contributed by atoms with Gasteiger partial charge in [0.05, 0.1) is 22.9 Å². The first-order valence-electron chi connectivity index (χ1n) is 10.4. The average molecular weight is 417 g/mol. The van der Waals surface area contributed by atoms with Crippen LogP contribution in [0.2, 0.25) is 0 Å². The van der Waals surface area contributed by atoms with Crippen LogP contribution in [0.1, 0.15) is 42.5 Å². The van der Waals surface area contributed by atoms with E-state index in [1.165, 1.54) is 6.42 Å². The molecule has 1 unspecified atom stereocenters. The normalized spacial score (nSPS) is 28.9. The van der Waals surface area contributed by atoms with Crippen LogP contribution in [0.3, 0.4) is 0 Å². The van der Waals surface area contributed by atoms with Gasteiger partial charge in [0, 0.05) is 69.2 Å². The van der Waals surface area contributed by atoms with Crippen LogP contribution in [0.5, 0.6) is 0 Å². The number of sulfone groups is 1. The minimum absolute atomic E-state index is 0.0565. The molecule has 2 aromatic rings. The number of anilines is 1. The van der Waals surface area contributed by atoms with Gasteiger partial charge in [-0.15, -0.1) is 0 Å². The summed E-state index contributed by atoms with van der Waals surface area (Å²) < 4.78 is 27.7. The molecule has 0 aromatic carbocycles. The third-order valence-corrected chi connectivity index (χ3v) is 8.61. The predicted molar refractivity (Wildman–Crippen MR) is 110 cm³/mol. The molecule has 2 saturated heterocycles. The molecule has 5 rings (SSSR count). The minimum atomic E-state index is -3.20. The Morgan fingerprint density at radius 2 is 2.07 bits per heavy atom. The van der Waals surface area contributed by atoms with Gasteiger partial charge in [0.25, 0.3) is 0 Å². The maximum absolute atomic E-state index is 12.9. The SMILES string of the molecule is CC1CCCN(c2ncc3c(n2)[C@@H]2CN(Cc4cnn(C)c4)C[C@@H]2S(=O)(=O)C3)C1. The fraction of sp³-hybridized carbons (Fsp3) is 0.650. The van der Waals surface area contributed by atoms with Crippen molar-refractivity contribution < 1.29 is 8.42 Å². The van der Waals surface area contributed by atoms with Gasteiger partial charge in [0.15, 0.2) is 9.84 Å². The molecule has 0 aliphatic carbocycles. The number of aromatic nitrogens is 4. The number of rotatable bonds is 3. The number of fused-ring (bicyclic) bond motifs is 3. The zero-order chi connectivity index (χ0) is 20.2. The summed E-state index contributed by atoms with van der Waals surface area (Å²) in [5.41, 5.74) is 2.83. The van der Waals surface area contributed by atoms with E-state index in [0.717, 1.165) is 42.3 Å². The standard InChI is InChI=1S/C20H28N6O2S/c1-14-4-3-5-26(8-14)20-21-7-16-13-29(27,28)18-12-25(11-17(18)19(16)23-20)10-15-6-22-24(2)9-15/h6-7,9,14,17-18H,3-5,8,10-13H2,1-2H3/t14?,17-,18+/m1/s1. The van der Waals surface area contributed by atoms with Crippen LogP contribution in [0.4, 0.5) is 5.95 Å². The first kappa shape index (κ1) is 19.0. The van der Waals surface area contributed by atoms with Gasteiger partial charge in [-0.2, -0.15) is 5.10 Å². The van der Waals surface area contributed by atoms with E-state index in [9.17, 15) is 8.42 Å². The molecular weight excluding hydrogens is 388 g/mol. The number of nitrogens with zero attached hydrogens (tertiary/aromatic N) is 6. The van der Waals surface area contributed by atoms with Gasteiger partial charge >= 0.3 is 0 Å². The summed E-state index contributed by atoms with van der Waals surface area (Å²) in [5, 5.41) is 3.85. The van der Waals surface area contributed by atoms with E-state index in [4.69, 9.17) is 4.98 Å². The summed E-state index contributed by atoms with van der Waals surface area (Å²) in [6.45, 7) is 6.19. The second-order valence-electron chi connectivity index (χ2n) is 8.94. The van der Waals surface area contributed by atoms with Gasteiger partial charge in [-0.25, -0.2) is 18.4 Å². The molecule has 9 heteroatoms. The van der Waals surface area contributed by atoms with Crippen molar-refractivity contribution in [3.8, 4) is 0 Å². The third kappa shape index (κ3) is 3.54. The number of aryl methyl sites for hydroxylation is 1. The van der Waals surface area contributed by atoms with E-state index in [-0.39, 0.29) is 16.9 Å². The van der Waals surface area contributed by atoms with Crippen LogP contribution in [-0.2, 0) is 29.2 Å². The molecule has 0 spiro atoms. The average Bonchev–Trinajstić information content (AvgIpc) is 3.28. The molecule has 29 heavy (non-hydrogen) atoms. The third-order valence-electron chi connectivity index (χ3n) is 6.50. The molecule has 0 radical (unpaired) electrons. The molecule has 0 saturated carbocycles. The van der Waals surface area contributed by atoms with Crippen molar-refractivity contribution >= 4 is 15.8 Å². The zero-order valence-corrected chi connectivity index (χ0v) is 17.8. The van der Waals surface area contributed by atoms with Gasteiger partial charge < -0.3 is 4.90 Å². The van der Waals surface area contributed by atoms with Crippen molar-refractivity contribution in [2.45, 2.75) is 43.2 Å². The molecule has 8 nitrogen and oxygen atoms in total. The molecule has 2 fully saturated rings. The monoisotopic (exact) mass is 416 g/mol. The lowest BCUT2D eigenvalue weighted by Crippen LogP contribution is -2.38. The van der Waals surface area contributed by atoms with Crippen molar-refractivity contribution in [1.82, 2.24) is 24.6 Å². The van der Waals surface area contributed by atoms with E-state index < -0.39 is 9.84 Å². The Morgan fingerprint density at radius 1 is 1.21 bits per heavy atom. The van der Waals surface area contributed by atoms with Crippen molar-refractivity contribution in [3.05, 3.63) is 35.4 Å². The first-order chi connectivity index (χ1) is 13.9. The molecule has 0 amide bonds.